The fourth-order valence-electron chi connectivity index (χ4n) is 2.79. The molecule has 2 heterocycles. The maximum Gasteiger partial charge on any atom is 0.295 e. The highest BCUT2D eigenvalue weighted by Gasteiger charge is 2.20. The summed E-state index contributed by atoms with van der Waals surface area (Å²) in [6, 6.07) is 7.32. The monoisotopic (exact) mass is 384 g/mol. The van der Waals surface area contributed by atoms with Gasteiger partial charge in [0.25, 0.3) is 11.5 Å². The van der Waals surface area contributed by atoms with Crippen LogP contribution in [0.15, 0.2) is 54.1 Å². The van der Waals surface area contributed by atoms with E-state index >= 15 is 0 Å². The second kappa shape index (κ2) is 7.40. The van der Waals surface area contributed by atoms with Crippen molar-refractivity contribution in [3.8, 4) is 11.3 Å². The van der Waals surface area contributed by atoms with Crippen molar-refractivity contribution in [1.82, 2.24) is 18.9 Å². The Balaban J connectivity index is 2.25. The second-order valence-electron chi connectivity index (χ2n) is 6.57. The predicted octanol–water partition coefficient (Wildman–Crippen LogP) is 3.48. The quantitative estimate of drug-likeness (QED) is 0.633. The first-order valence-corrected chi connectivity index (χ1v) is 8.98. The summed E-state index contributed by atoms with van der Waals surface area (Å²) in [5, 5.41) is 0.532. The van der Waals surface area contributed by atoms with Crippen LogP contribution in [0.5, 0.6) is 0 Å². The number of amides is 1. The molecule has 0 saturated carbocycles. The molecule has 0 saturated heterocycles. The van der Waals surface area contributed by atoms with Gasteiger partial charge in [0, 0.05) is 42.6 Å². The van der Waals surface area contributed by atoms with E-state index in [0.717, 1.165) is 5.56 Å². The first-order valence-electron chi connectivity index (χ1n) is 8.60. The van der Waals surface area contributed by atoms with Crippen LogP contribution in [0.25, 0.3) is 16.9 Å². The number of allylic oxidation sites excluding steroid dienone is 1. The molecule has 140 valence electrons. The van der Waals surface area contributed by atoms with E-state index in [0.29, 0.717) is 17.3 Å². The summed E-state index contributed by atoms with van der Waals surface area (Å²) in [5.74, 6) is -0.234. The van der Waals surface area contributed by atoms with Crippen molar-refractivity contribution in [2.75, 3.05) is 7.05 Å². The van der Waals surface area contributed by atoms with Crippen molar-refractivity contribution in [3.63, 3.8) is 0 Å². The molecule has 0 unspecified atom stereocenters. The first-order chi connectivity index (χ1) is 12.8. The molecule has 0 aliphatic rings. The molecule has 2 aromatic heterocycles. The van der Waals surface area contributed by atoms with Gasteiger partial charge in [0.2, 0.25) is 5.65 Å². The average molecular weight is 385 g/mol. The number of hydrogen-bond acceptors (Lipinski definition) is 3. The molecule has 0 atom stereocenters. The molecule has 0 spiro atoms. The largest absolute Gasteiger partial charge is 0.338 e. The SMILES string of the molecule is C=CCn1c(-c2ccccc2Cl)cn2cc(C(=O)N(C)C(C)C)nc2c1=O. The van der Waals surface area contributed by atoms with Gasteiger partial charge in [-0.05, 0) is 19.9 Å². The summed E-state index contributed by atoms with van der Waals surface area (Å²) < 4.78 is 3.14. The Kier molecular flexibility index (Phi) is 5.19. The van der Waals surface area contributed by atoms with Gasteiger partial charge in [-0.2, -0.15) is 0 Å². The topological polar surface area (TPSA) is 59.6 Å². The maximum absolute atomic E-state index is 13.0. The van der Waals surface area contributed by atoms with Crippen molar-refractivity contribution in [1.29, 1.82) is 0 Å². The van der Waals surface area contributed by atoms with Crippen LogP contribution in [0, 0.1) is 0 Å². The third-order valence-corrected chi connectivity index (χ3v) is 4.83. The molecule has 1 amide bonds. The fraction of sp³-hybridized carbons (Fsp3) is 0.250. The number of fused-ring (bicyclic) bond motifs is 1. The molecule has 0 aliphatic carbocycles. The molecular weight excluding hydrogens is 364 g/mol. The zero-order chi connectivity index (χ0) is 19.7. The van der Waals surface area contributed by atoms with E-state index in [1.807, 2.05) is 32.0 Å². The Hall–Kier alpha value is -2.86. The van der Waals surface area contributed by atoms with Gasteiger partial charge in [-0.15, -0.1) is 6.58 Å². The predicted molar refractivity (Wildman–Crippen MR) is 107 cm³/mol. The van der Waals surface area contributed by atoms with Crippen molar-refractivity contribution in [2.24, 2.45) is 0 Å². The van der Waals surface area contributed by atoms with Gasteiger partial charge in [0.1, 0.15) is 5.69 Å². The van der Waals surface area contributed by atoms with E-state index < -0.39 is 0 Å². The zero-order valence-electron chi connectivity index (χ0n) is 15.5. The van der Waals surface area contributed by atoms with Crippen molar-refractivity contribution < 1.29 is 4.79 Å². The molecular formula is C20H21ClN4O2. The van der Waals surface area contributed by atoms with E-state index in [4.69, 9.17) is 11.6 Å². The highest BCUT2D eigenvalue weighted by atomic mass is 35.5. The van der Waals surface area contributed by atoms with Gasteiger partial charge in [0.15, 0.2) is 0 Å². The van der Waals surface area contributed by atoms with Crippen molar-refractivity contribution in [2.45, 2.75) is 26.4 Å². The highest BCUT2D eigenvalue weighted by molar-refractivity contribution is 6.33. The molecule has 0 radical (unpaired) electrons. The van der Waals surface area contributed by atoms with Crippen LogP contribution in [0.2, 0.25) is 5.02 Å². The number of nitrogens with zero attached hydrogens (tertiary/aromatic N) is 4. The van der Waals surface area contributed by atoms with E-state index in [-0.39, 0.29) is 28.8 Å². The van der Waals surface area contributed by atoms with Crippen LogP contribution in [0.3, 0.4) is 0 Å². The molecule has 0 bridgehead atoms. The van der Waals surface area contributed by atoms with Crippen LogP contribution in [0.1, 0.15) is 24.3 Å². The lowest BCUT2D eigenvalue weighted by molar-refractivity contribution is 0.0749. The summed E-state index contributed by atoms with van der Waals surface area (Å²) in [6.07, 6.45) is 4.98. The number of halogens is 1. The van der Waals surface area contributed by atoms with Gasteiger partial charge < -0.3 is 4.90 Å². The summed E-state index contributed by atoms with van der Waals surface area (Å²) in [4.78, 5) is 31.5. The van der Waals surface area contributed by atoms with Crippen molar-refractivity contribution in [3.05, 3.63) is 70.4 Å². The van der Waals surface area contributed by atoms with Crippen LogP contribution in [-0.4, -0.2) is 37.8 Å². The van der Waals surface area contributed by atoms with Gasteiger partial charge in [-0.3, -0.25) is 18.6 Å². The summed E-state index contributed by atoms with van der Waals surface area (Å²) in [7, 11) is 1.71. The standard InChI is InChI=1S/C20H21ClN4O2/c1-5-10-25-17(14-8-6-7-9-15(14)21)12-24-11-16(22-18(24)20(25)27)19(26)23(4)13(2)3/h5-9,11-13H,1,10H2,2-4H3. The number of imidazole rings is 1. The number of carbonyl (C=O) groups is 1. The van der Waals surface area contributed by atoms with E-state index in [9.17, 15) is 9.59 Å². The number of carbonyl (C=O) groups excluding carboxylic acids is 1. The van der Waals surface area contributed by atoms with E-state index in [1.54, 1.807) is 45.5 Å². The van der Waals surface area contributed by atoms with Gasteiger partial charge in [0.05, 0.1) is 5.69 Å². The number of benzene rings is 1. The lowest BCUT2D eigenvalue weighted by Crippen LogP contribution is -2.33. The lowest BCUT2D eigenvalue weighted by atomic mass is 10.1. The van der Waals surface area contributed by atoms with Crippen molar-refractivity contribution >= 4 is 23.2 Å². The molecule has 1 aromatic carbocycles. The lowest BCUT2D eigenvalue weighted by Gasteiger charge is -2.19. The van der Waals surface area contributed by atoms with Crippen LogP contribution in [-0.2, 0) is 6.54 Å². The first kappa shape index (κ1) is 18.9. The van der Waals surface area contributed by atoms with Crippen LogP contribution in [0.4, 0.5) is 0 Å². The summed E-state index contributed by atoms with van der Waals surface area (Å²) >= 11 is 6.34. The normalized spacial score (nSPS) is 11.1. The minimum atomic E-state index is -0.307. The number of rotatable bonds is 5. The van der Waals surface area contributed by atoms with Crippen LogP contribution >= 0.6 is 11.6 Å². The maximum atomic E-state index is 13.0. The van der Waals surface area contributed by atoms with E-state index in [2.05, 4.69) is 11.6 Å². The van der Waals surface area contributed by atoms with Crippen LogP contribution < -0.4 is 5.56 Å². The molecule has 0 aliphatic heterocycles. The number of hydrogen-bond donors (Lipinski definition) is 0. The molecule has 3 aromatic rings. The molecule has 0 N–H and O–H groups in total. The van der Waals surface area contributed by atoms with Gasteiger partial charge in [-0.1, -0.05) is 35.9 Å². The average Bonchev–Trinajstić information content (AvgIpc) is 3.07. The third kappa shape index (κ3) is 3.40. The highest BCUT2D eigenvalue weighted by Crippen LogP contribution is 2.27. The summed E-state index contributed by atoms with van der Waals surface area (Å²) in [5.41, 5.74) is 1.46. The molecule has 6 nitrogen and oxygen atoms in total. The minimum Gasteiger partial charge on any atom is -0.338 e. The smallest absolute Gasteiger partial charge is 0.295 e. The Morgan fingerprint density at radius 3 is 2.67 bits per heavy atom. The van der Waals surface area contributed by atoms with Gasteiger partial charge in [-0.25, -0.2) is 4.98 Å². The fourth-order valence-corrected chi connectivity index (χ4v) is 3.03. The Labute approximate surface area is 162 Å². The number of aromatic nitrogens is 3. The molecule has 0 fully saturated rings. The molecule has 27 heavy (non-hydrogen) atoms. The Morgan fingerprint density at radius 2 is 2.04 bits per heavy atom. The molecule has 7 heteroatoms. The Morgan fingerprint density at radius 1 is 1.33 bits per heavy atom. The second-order valence-corrected chi connectivity index (χ2v) is 6.97. The zero-order valence-corrected chi connectivity index (χ0v) is 16.3. The third-order valence-electron chi connectivity index (χ3n) is 4.50. The van der Waals surface area contributed by atoms with E-state index in [1.165, 1.54) is 0 Å². The Bertz CT molecular complexity index is 1080. The van der Waals surface area contributed by atoms with Gasteiger partial charge >= 0.3 is 0 Å². The summed E-state index contributed by atoms with van der Waals surface area (Å²) in [6.45, 7) is 7.87. The molecule has 3 rings (SSSR count). The minimum absolute atomic E-state index is 0.0263.